The van der Waals surface area contributed by atoms with Crippen molar-refractivity contribution in [1.29, 1.82) is 0 Å². The lowest BCUT2D eigenvalue weighted by Gasteiger charge is -2.13. The minimum Gasteiger partial charge on any atom is -0.406 e. The number of halogens is 3. The second-order valence-electron chi connectivity index (χ2n) is 6.62. The maximum atomic E-state index is 12.9. The minimum atomic E-state index is -4.83. The number of nitrogens with zero attached hydrogens (tertiary/aromatic N) is 1. The minimum absolute atomic E-state index is 0.0213. The van der Waals surface area contributed by atoms with Crippen molar-refractivity contribution in [2.75, 3.05) is 11.9 Å². The van der Waals surface area contributed by atoms with Crippen LogP contribution in [0.5, 0.6) is 5.75 Å². The number of anilines is 1. The molecule has 3 rings (SSSR count). The van der Waals surface area contributed by atoms with Crippen molar-refractivity contribution in [2.45, 2.75) is 27.1 Å². The molecule has 8 heteroatoms. The Kier molecular flexibility index (Phi) is 5.37. The van der Waals surface area contributed by atoms with Crippen LogP contribution in [0.2, 0.25) is 0 Å². The number of hydrogen-bond acceptors (Lipinski definition) is 4. The Hall–Kier alpha value is -3.29. The standard InChI is InChI=1S/C21H19F3N2O3/c1-4-26-19(27)17(16-9-8-12(2)10-13(16)3)18(20(26)28)25-14-6-5-7-15(11-14)29-21(22,23)24/h5-11,25H,4H2,1-3H3. The van der Waals surface area contributed by atoms with E-state index in [9.17, 15) is 22.8 Å². The van der Waals surface area contributed by atoms with Gasteiger partial charge in [0, 0.05) is 18.3 Å². The van der Waals surface area contributed by atoms with Gasteiger partial charge in [0.1, 0.15) is 11.4 Å². The van der Waals surface area contributed by atoms with Gasteiger partial charge in [0.05, 0.1) is 5.57 Å². The zero-order valence-corrected chi connectivity index (χ0v) is 16.1. The number of aryl methyl sites for hydroxylation is 2. The van der Waals surface area contributed by atoms with Gasteiger partial charge in [0.15, 0.2) is 0 Å². The van der Waals surface area contributed by atoms with E-state index >= 15 is 0 Å². The molecule has 0 unspecified atom stereocenters. The van der Waals surface area contributed by atoms with E-state index in [1.165, 1.54) is 12.1 Å². The monoisotopic (exact) mass is 404 g/mol. The van der Waals surface area contributed by atoms with Crippen molar-refractivity contribution in [3.63, 3.8) is 0 Å². The van der Waals surface area contributed by atoms with Crippen LogP contribution in [-0.4, -0.2) is 29.6 Å². The summed E-state index contributed by atoms with van der Waals surface area (Å²) in [5.74, 6) is -1.41. The van der Waals surface area contributed by atoms with Gasteiger partial charge in [-0.1, -0.05) is 29.8 Å². The van der Waals surface area contributed by atoms with Crippen LogP contribution in [0.25, 0.3) is 5.57 Å². The highest BCUT2D eigenvalue weighted by Gasteiger charge is 2.39. The molecular formula is C21H19F3N2O3. The molecule has 29 heavy (non-hydrogen) atoms. The van der Waals surface area contributed by atoms with E-state index in [1.54, 1.807) is 13.0 Å². The average Bonchev–Trinajstić information content (AvgIpc) is 2.84. The molecule has 2 aromatic rings. The predicted octanol–water partition coefficient (Wildman–Crippen LogP) is 4.41. The molecule has 1 aliphatic rings. The van der Waals surface area contributed by atoms with Crippen LogP contribution in [0.15, 0.2) is 48.2 Å². The first kappa shape index (κ1) is 20.4. The van der Waals surface area contributed by atoms with Crippen LogP contribution in [0.4, 0.5) is 18.9 Å². The summed E-state index contributed by atoms with van der Waals surface area (Å²) in [6.07, 6.45) is -4.83. The van der Waals surface area contributed by atoms with Crippen LogP contribution < -0.4 is 10.1 Å². The van der Waals surface area contributed by atoms with Crippen LogP contribution in [0, 0.1) is 13.8 Å². The number of nitrogens with one attached hydrogen (secondary N) is 1. The SMILES string of the molecule is CCN1C(=O)C(Nc2cccc(OC(F)(F)F)c2)=C(c2ccc(C)cc2C)C1=O. The Morgan fingerprint density at radius 1 is 1.03 bits per heavy atom. The van der Waals surface area contributed by atoms with Gasteiger partial charge in [-0.15, -0.1) is 13.2 Å². The summed E-state index contributed by atoms with van der Waals surface area (Å²) in [6, 6.07) is 10.6. The van der Waals surface area contributed by atoms with E-state index in [1.807, 2.05) is 26.0 Å². The molecule has 0 saturated heterocycles. The summed E-state index contributed by atoms with van der Waals surface area (Å²) < 4.78 is 41.4. The average molecular weight is 404 g/mol. The molecule has 0 spiro atoms. The van der Waals surface area contributed by atoms with Crippen molar-refractivity contribution in [1.82, 2.24) is 4.90 Å². The Labute approximate surface area is 165 Å². The Balaban J connectivity index is 2.06. The third-order valence-corrected chi connectivity index (χ3v) is 4.47. The molecule has 2 aromatic carbocycles. The van der Waals surface area contributed by atoms with E-state index in [2.05, 4.69) is 10.1 Å². The highest BCUT2D eigenvalue weighted by atomic mass is 19.4. The molecule has 152 valence electrons. The molecule has 0 atom stereocenters. The molecule has 0 saturated carbocycles. The lowest BCUT2D eigenvalue weighted by Crippen LogP contribution is -2.32. The van der Waals surface area contributed by atoms with Crippen LogP contribution in [0.1, 0.15) is 23.6 Å². The third kappa shape index (κ3) is 4.26. The summed E-state index contributed by atoms with van der Waals surface area (Å²) in [6.45, 7) is 5.60. The number of carbonyl (C=O) groups is 2. The largest absolute Gasteiger partial charge is 0.573 e. The fourth-order valence-electron chi connectivity index (χ4n) is 3.24. The van der Waals surface area contributed by atoms with Crippen LogP contribution in [-0.2, 0) is 9.59 Å². The fourth-order valence-corrected chi connectivity index (χ4v) is 3.24. The summed E-state index contributed by atoms with van der Waals surface area (Å²) in [5, 5.41) is 2.82. The molecule has 0 bridgehead atoms. The second kappa shape index (κ2) is 7.62. The van der Waals surface area contributed by atoms with Gasteiger partial charge in [-0.2, -0.15) is 0 Å². The highest BCUT2D eigenvalue weighted by Crippen LogP contribution is 2.33. The van der Waals surface area contributed by atoms with Crippen LogP contribution in [0.3, 0.4) is 0 Å². The van der Waals surface area contributed by atoms with E-state index < -0.39 is 23.9 Å². The maximum absolute atomic E-state index is 12.9. The van der Waals surface area contributed by atoms with Crippen molar-refractivity contribution >= 4 is 23.1 Å². The number of hydrogen-bond donors (Lipinski definition) is 1. The van der Waals surface area contributed by atoms with E-state index in [0.29, 0.717) is 5.56 Å². The number of benzene rings is 2. The van der Waals surface area contributed by atoms with Gasteiger partial charge in [-0.3, -0.25) is 14.5 Å². The van der Waals surface area contributed by atoms with Gasteiger partial charge >= 0.3 is 6.36 Å². The van der Waals surface area contributed by atoms with Crippen molar-refractivity contribution in [3.8, 4) is 5.75 Å². The topological polar surface area (TPSA) is 58.6 Å². The number of likely N-dealkylation sites (N-methyl/N-ethyl adjacent to an activating group) is 1. The van der Waals surface area contributed by atoms with Gasteiger partial charge in [-0.05, 0) is 44.0 Å². The summed E-state index contributed by atoms with van der Waals surface area (Å²) >= 11 is 0. The molecule has 1 heterocycles. The highest BCUT2D eigenvalue weighted by molar-refractivity contribution is 6.36. The molecule has 0 aromatic heterocycles. The number of imide groups is 1. The first-order valence-electron chi connectivity index (χ1n) is 8.91. The molecule has 0 fully saturated rings. The molecule has 1 N–H and O–H groups in total. The smallest absolute Gasteiger partial charge is 0.406 e. The lowest BCUT2D eigenvalue weighted by molar-refractivity contribution is -0.274. The number of ether oxygens (including phenoxy) is 1. The van der Waals surface area contributed by atoms with Gasteiger partial charge in [0.25, 0.3) is 11.8 Å². The molecule has 0 radical (unpaired) electrons. The predicted molar refractivity (Wildman–Crippen MR) is 102 cm³/mol. The van der Waals surface area contributed by atoms with E-state index in [-0.39, 0.29) is 23.5 Å². The van der Waals surface area contributed by atoms with Crippen molar-refractivity contribution in [2.24, 2.45) is 0 Å². The first-order chi connectivity index (χ1) is 13.6. The molecule has 0 aliphatic carbocycles. The summed E-state index contributed by atoms with van der Waals surface area (Å²) in [5.41, 5.74) is 2.82. The molecule has 2 amide bonds. The van der Waals surface area contributed by atoms with Gasteiger partial charge in [-0.25, -0.2) is 0 Å². The molecule has 5 nitrogen and oxygen atoms in total. The zero-order chi connectivity index (χ0) is 21.3. The Morgan fingerprint density at radius 3 is 2.38 bits per heavy atom. The van der Waals surface area contributed by atoms with Gasteiger partial charge < -0.3 is 10.1 Å². The Morgan fingerprint density at radius 2 is 1.76 bits per heavy atom. The maximum Gasteiger partial charge on any atom is 0.573 e. The Bertz CT molecular complexity index is 1010. The zero-order valence-electron chi connectivity index (χ0n) is 16.1. The number of amides is 2. The number of carbonyl (C=O) groups excluding carboxylic acids is 2. The van der Waals surface area contributed by atoms with Crippen molar-refractivity contribution < 1.29 is 27.5 Å². The normalized spacial score (nSPS) is 14.6. The number of alkyl halides is 3. The van der Waals surface area contributed by atoms with E-state index in [4.69, 9.17) is 0 Å². The molecule has 1 aliphatic heterocycles. The van der Waals surface area contributed by atoms with Gasteiger partial charge in [0.2, 0.25) is 0 Å². The van der Waals surface area contributed by atoms with Crippen molar-refractivity contribution in [3.05, 3.63) is 64.9 Å². The van der Waals surface area contributed by atoms with E-state index in [0.717, 1.165) is 28.2 Å². The van der Waals surface area contributed by atoms with Crippen LogP contribution >= 0.6 is 0 Å². The quantitative estimate of drug-likeness (QED) is 0.750. The fraction of sp³-hybridized carbons (Fsp3) is 0.238. The summed E-state index contributed by atoms with van der Waals surface area (Å²) in [7, 11) is 0. The third-order valence-electron chi connectivity index (χ3n) is 4.47. The first-order valence-corrected chi connectivity index (χ1v) is 8.91. The summed E-state index contributed by atoms with van der Waals surface area (Å²) in [4.78, 5) is 26.8. The number of rotatable bonds is 5. The second-order valence-corrected chi connectivity index (χ2v) is 6.62. The molecular weight excluding hydrogens is 385 g/mol. The lowest BCUT2D eigenvalue weighted by atomic mass is 9.97.